The number of anilines is 1. The van der Waals surface area contributed by atoms with E-state index < -0.39 is 0 Å². The van der Waals surface area contributed by atoms with Crippen molar-refractivity contribution >= 4 is 40.2 Å². The Morgan fingerprint density at radius 1 is 1.12 bits per heavy atom. The van der Waals surface area contributed by atoms with Crippen molar-refractivity contribution in [2.45, 2.75) is 4.90 Å². The maximum absolute atomic E-state index is 12.5. The molecule has 2 amide bonds. The fraction of sp³-hybridized carbons (Fsp3) is 0.158. The van der Waals surface area contributed by atoms with Gasteiger partial charge in [-0.3, -0.25) is 9.59 Å². The van der Waals surface area contributed by atoms with E-state index in [1.165, 1.54) is 4.90 Å². The lowest BCUT2D eigenvalue weighted by molar-refractivity contribution is -0.116. The first-order valence-corrected chi connectivity index (χ1v) is 9.07. The topological polar surface area (TPSA) is 65.2 Å². The van der Waals surface area contributed by atoms with Crippen molar-refractivity contribution in [3.8, 4) is 0 Å². The van der Waals surface area contributed by atoms with Crippen molar-refractivity contribution in [1.29, 1.82) is 0 Å². The standard InChI is InChI=1S/C19H19N3O2S/c1-22(12-18(23)21-15-9-5-6-10-17(15)25-2)19(24)16-11-13-7-3-4-8-14(13)20-16/h3-11,20H,12H2,1-2H3,(H,21,23). The van der Waals surface area contributed by atoms with Crippen LogP contribution in [0, 0.1) is 0 Å². The van der Waals surface area contributed by atoms with Crippen molar-refractivity contribution in [3.63, 3.8) is 0 Å². The maximum atomic E-state index is 12.5. The van der Waals surface area contributed by atoms with Crippen LogP contribution in [-0.2, 0) is 4.79 Å². The summed E-state index contributed by atoms with van der Waals surface area (Å²) in [6, 6.07) is 17.1. The molecule has 0 fully saturated rings. The molecule has 1 aromatic heterocycles. The Bertz CT molecular complexity index is 887. The number of carbonyl (C=O) groups is 2. The van der Waals surface area contributed by atoms with E-state index in [0.29, 0.717) is 5.69 Å². The van der Waals surface area contributed by atoms with Crippen molar-refractivity contribution in [2.75, 3.05) is 25.2 Å². The smallest absolute Gasteiger partial charge is 0.270 e. The van der Waals surface area contributed by atoms with E-state index in [1.807, 2.05) is 54.8 Å². The SMILES string of the molecule is CSc1ccccc1NC(=O)CN(C)C(=O)c1cc2ccccc2[nH]1. The molecule has 3 aromatic rings. The van der Waals surface area contributed by atoms with Gasteiger partial charge in [0.1, 0.15) is 5.69 Å². The number of H-pyrrole nitrogens is 1. The quantitative estimate of drug-likeness (QED) is 0.689. The first-order chi connectivity index (χ1) is 12.1. The lowest BCUT2D eigenvalue weighted by Crippen LogP contribution is -2.35. The summed E-state index contributed by atoms with van der Waals surface area (Å²) in [5, 5.41) is 3.83. The number of benzene rings is 2. The van der Waals surface area contributed by atoms with Crippen LogP contribution >= 0.6 is 11.8 Å². The van der Waals surface area contributed by atoms with Crippen LogP contribution in [0.15, 0.2) is 59.5 Å². The predicted octanol–water partition coefficient (Wildman–Crippen LogP) is 3.60. The normalized spacial score (nSPS) is 10.6. The van der Waals surface area contributed by atoms with E-state index in [1.54, 1.807) is 24.9 Å². The molecule has 128 valence electrons. The number of hydrogen-bond donors (Lipinski definition) is 2. The lowest BCUT2D eigenvalue weighted by atomic mass is 10.2. The van der Waals surface area contributed by atoms with Gasteiger partial charge in [-0.2, -0.15) is 0 Å². The van der Waals surface area contributed by atoms with Crippen molar-refractivity contribution in [3.05, 3.63) is 60.3 Å². The van der Waals surface area contributed by atoms with Gasteiger partial charge in [0, 0.05) is 22.8 Å². The molecule has 0 unspecified atom stereocenters. The first-order valence-electron chi connectivity index (χ1n) is 7.84. The lowest BCUT2D eigenvalue weighted by Gasteiger charge is -2.16. The van der Waals surface area contributed by atoms with Crippen molar-refractivity contribution < 1.29 is 9.59 Å². The highest BCUT2D eigenvalue weighted by molar-refractivity contribution is 7.98. The maximum Gasteiger partial charge on any atom is 0.270 e. The number of hydrogen-bond acceptors (Lipinski definition) is 3. The van der Waals surface area contributed by atoms with Crippen LogP contribution < -0.4 is 5.32 Å². The van der Waals surface area contributed by atoms with Gasteiger partial charge in [0.05, 0.1) is 12.2 Å². The molecule has 0 bridgehead atoms. The Balaban J connectivity index is 1.67. The van der Waals surface area contributed by atoms with E-state index in [4.69, 9.17) is 0 Å². The Kier molecular flexibility index (Phi) is 5.09. The summed E-state index contributed by atoms with van der Waals surface area (Å²) < 4.78 is 0. The van der Waals surface area contributed by atoms with E-state index in [0.717, 1.165) is 21.5 Å². The molecule has 0 aliphatic carbocycles. The highest BCUT2D eigenvalue weighted by atomic mass is 32.2. The fourth-order valence-corrected chi connectivity index (χ4v) is 3.17. The number of para-hydroxylation sites is 2. The van der Waals surface area contributed by atoms with Crippen LogP contribution in [-0.4, -0.2) is 41.5 Å². The minimum absolute atomic E-state index is 0.0170. The second kappa shape index (κ2) is 7.44. The molecule has 0 spiro atoms. The molecule has 5 nitrogen and oxygen atoms in total. The third-order valence-corrected chi connectivity index (χ3v) is 4.66. The van der Waals surface area contributed by atoms with Gasteiger partial charge >= 0.3 is 0 Å². The van der Waals surface area contributed by atoms with Gasteiger partial charge in [-0.05, 0) is 30.5 Å². The number of fused-ring (bicyclic) bond motifs is 1. The zero-order valence-corrected chi connectivity index (χ0v) is 14.9. The average Bonchev–Trinajstić information content (AvgIpc) is 3.05. The van der Waals surface area contributed by atoms with Crippen LogP contribution in [0.4, 0.5) is 5.69 Å². The summed E-state index contributed by atoms with van der Waals surface area (Å²) in [7, 11) is 1.62. The Labute approximate surface area is 150 Å². The highest BCUT2D eigenvalue weighted by Gasteiger charge is 2.17. The summed E-state index contributed by atoms with van der Waals surface area (Å²) in [4.78, 5) is 30.3. The number of carbonyl (C=O) groups excluding carboxylic acids is 2. The van der Waals surface area contributed by atoms with Crippen molar-refractivity contribution in [1.82, 2.24) is 9.88 Å². The van der Waals surface area contributed by atoms with E-state index in [2.05, 4.69) is 10.3 Å². The zero-order valence-electron chi connectivity index (χ0n) is 14.1. The van der Waals surface area contributed by atoms with Gasteiger partial charge < -0.3 is 15.2 Å². The third-order valence-electron chi connectivity index (χ3n) is 3.87. The minimum atomic E-state index is -0.228. The van der Waals surface area contributed by atoms with Gasteiger partial charge in [-0.1, -0.05) is 30.3 Å². The molecular weight excluding hydrogens is 334 g/mol. The summed E-state index contributed by atoms with van der Waals surface area (Å²) in [5.74, 6) is -0.446. The predicted molar refractivity (Wildman–Crippen MR) is 102 cm³/mol. The van der Waals surface area contributed by atoms with Gasteiger partial charge in [-0.15, -0.1) is 11.8 Å². The summed E-state index contributed by atoms with van der Waals surface area (Å²) in [5.41, 5.74) is 2.13. The molecule has 0 saturated heterocycles. The number of amides is 2. The Morgan fingerprint density at radius 3 is 2.60 bits per heavy atom. The van der Waals surface area contributed by atoms with Gasteiger partial charge in [0.15, 0.2) is 0 Å². The summed E-state index contributed by atoms with van der Waals surface area (Å²) in [6.45, 7) is -0.0170. The number of aromatic amines is 1. The molecule has 0 aliphatic heterocycles. The zero-order chi connectivity index (χ0) is 17.8. The Morgan fingerprint density at radius 2 is 1.84 bits per heavy atom. The molecule has 0 atom stereocenters. The molecule has 0 aliphatic rings. The first kappa shape index (κ1) is 17.1. The molecule has 3 rings (SSSR count). The van der Waals surface area contributed by atoms with Gasteiger partial charge in [0.25, 0.3) is 5.91 Å². The third kappa shape index (κ3) is 3.85. The van der Waals surface area contributed by atoms with Crippen LogP contribution in [0.2, 0.25) is 0 Å². The number of rotatable bonds is 5. The molecule has 1 heterocycles. The summed E-state index contributed by atoms with van der Waals surface area (Å²) >= 11 is 1.56. The van der Waals surface area contributed by atoms with Crippen LogP contribution in [0.1, 0.15) is 10.5 Å². The van der Waals surface area contributed by atoms with Crippen molar-refractivity contribution in [2.24, 2.45) is 0 Å². The average molecular weight is 353 g/mol. The van der Waals surface area contributed by atoms with Crippen LogP contribution in [0.25, 0.3) is 10.9 Å². The van der Waals surface area contributed by atoms with E-state index in [9.17, 15) is 9.59 Å². The minimum Gasteiger partial charge on any atom is -0.351 e. The van der Waals surface area contributed by atoms with Gasteiger partial charge in [0.2, 0.25) is 5.91 Å². The highest BCUT2D eigenvalue weighted by Crippen LogP contribution is 2.24. The molecule has 25 heavy (non-hydrogen) atoms. The Hall–Kier alpha value is -2.73. The molecule has 2 N–H and O–H groups in total. The molecule has 6 heteroatoms. The molecule has 0 saturated carbocycles. The van der Waals surface area contributed by atoms with E-state index in [-0.39, 0.29) is 18.4 Å². The van der Waals surface area contributed by atoms with Gasteiger partial charge in [-0.25, -0.2) is 0 Å². The summed E-state index contributed by atoms with van der Waals surface area (Å²) in [6.07, 6.45) is 1.95. The largest absolute Gasteiger partial charge is 0.351 e. The van der Waals surface area contributed by atoms with Crippen LogP contribution in [0.5, 0.6) is 0 Å². The number of nitrogens with zero attached hydrogens (tertiary/aromatic N) is 1. The number of nitrogens with one attached hydrogen (secondary N) is 2. The number of aromatic nitrogens is 1. The second-order valence-electron chi connectivity index (χ2n) is 5.68. The van der Waals surface area contributed by atoms with Crippen LogP contribution in [0.3, 0.4) is 0 Å². The second-order valence-corrected chi connectivity index (χ2v) is 6.53. The molecule has 0 radical (unpaired) electrons. The fourth-order valence-electron chi connectivity index (χ4n) is 2.62. The van der Waals surface area contributed by atoms with E-state index >= 15 is 0 Å². The monoisotopic (exact) mass is 353 g/mol. The number of likely N-dealkylation sites (N-methyl/N-ethyl adjacent to an activating group) is 1. The number of thioether (sulfide) groups is 1. The molecular formula is C19H19N3O2S. The molecule has 2 aromatic carbocycles.